The molecule has 0 radical (unpaired) electrons. The van der Waals surface area contributed by atoms with Crippen LogP contribution in [-0.2, 0) is 0 Å². The van der Waals surface area contributed by atoms with Crippen LogP contribution in [-0.4, -0.2) is 44.1 Å². The van der Waals surface area contributed by atoms with Gasteiger partial charge >= 0.3 is 0 Å². The van der Waals surface area contributed by atoms with Crippen molar-refractivity contribution in [2.24, 2.45) is 0 Å². The molecule has 14 heavy (non-hydrogen) atoms. The fourth-order valence-electron chi connectivity index (χ4n) is 1.32. The van der Waals surface area contributed by atoms with Crippen molar-refractivity contribution < 1.29 is 0 Å². The van der Waals surface area contributed by atoms with Crippen molar-refractivity contribution in [3.8, 4) is 0 Å². The number of rotatable bonds is 5. The van der Waals surface area contributed by atoms with Gasteiger partial charge in [-0.2, -0.15) is 0 Å². The quantitative estimate of drug-likeness (QED) is 0.706. The number of nitrogens with zero attached hydrogens (tertiary/aromatic N) is 3. The van der Waals surface area contributed by atoms with Crippen LogP contribution in [0.1, 0.15) is 6.42 Å². The number of aromatic nitrogens is 1. The Labute approximate surface area is 86.4 Å². The van der Waals surface area contributed by atoms with E-state index in [9.17, 15) is 0 Å². The fraction of sp³-hybridized carbons (Fsp3) is 0.545. The van der Waals surface area contributed by atoms with E-state index in [2.05, 4.69) is 35.9 Å². The standard InChI is InChI=1S/C11H19N3/c1-13(2)9-6-10-14(3)11-7-4-5-8-12-11/h4-5,7-8H,6,9-10H2,1-3H3. The SMILES string of the molecule is CN(C)CCCN(C)c1ccccn1. The largest absolute Gasteiger partial charge is 0.360 e. The topological polar surface area (TPSA) is 19.4 Å². The lowest BCUT2D eigenvalue weighted by Gasteiger charge is -2.18. The van der Waals surface area contributed by atoms with Gasteiger partial charge in [-0.05, 0) is 39.2 Å². The van der Waals surface area contributed by atoms with E-state index in [1.54, 1.807) is 0 Å². The third-order valence-corrected chi connectivity index (χ3v) is 2.14. The van der Waals surface area contributed by atoms with E-state index in [-0.39, 0.29) is 0 Å². The summed E-state index contributed by atoms with van der Waals surface area (Å²) in [6.45, 7) is 2.17. The molecule has 1 heterocycles. The van der Waals surface area contributed by atoms with Crippen molar-refractivity contribution in [1.82, 2.24) is 9.88 Å². The maximum absolute atomic E-state index is 4.29. The Bertz CT molecular complexity index is 246. The van der Waals surface area contributed by atoms with Gasteiger partial charge in [-0.15, -0.1) is 0 Å². The molecule has 78 valence electrons. The highest BCUT2D eigenvalue weighted by Crippen LogP contribution is 2.06. The normalized spacial score (nSPS) is 10.6. The van der Waals surface area contributed by atoms with Crippen LogP contribution in [0.15, 0.2) is 24.4 Å². The van der Waals surface area contributed by atoms with Crippen LogP contribution < -0.4 is 4.90 Å². The molecule has 0 aromatic carbocycles. The third kappa shape index (κ3) is 3.75. The van der Waals surface area contributed by atoms with Crippen molar-refractivity contribution in [3.05, 3.63) is 24.4 Å². The van der Waals surface area contributed by atoms with Crippen molar-refractivity contribution in [1.29, 1.82) is 0 Å². The highest BCUT2D eigenvalue weighted by Gasteiger charge is 2.00. The van der Waals surface area contributed by atoms with Gasteiger partial charge in [0.05, 0.1) is 0 Å². The zero-order chi connectivity index (χ0) is 10.4. The van der Waals surface area contributed by atoms with Crippen LogP contribution in [0.4, 0.5) is 5.82 Å². The van der Waals surface area contributed by atoms with Crippen LogP contribution in [0, 0.1) is 0 Å². The zero-order valence-corrected chi connectivity index (χ0v) is 9.27. The van der Waals surface area contributed by atoms with Gasteiger partial charge in [-0.25, -0.2) is 4.98 Å². The summed E-state index contributed by atoms with van der Waals surface area (Å²) in [6.07, 6.45) is 3.00. The lowest BCUT2D eigenvalue weighted by atomic mass is 10.3. The summed E-state index contributed by atoms with van der Waals surface area (Å²) in [7, 11) is 6.28. The summed E-state index contributed by atoms with van der Waals surface area (Å²) in [6, 6.07) is 6.00. The van der Waals surface area contributed by atoms with Crippen molar-refractivity contribution >= 4 is 5.82 Å². The Balaban J connectivity index is 2.32. The maximum Gasteiger partial charge on any atom is 0.128 e. The molecule has 1 aromatic rings. The van der Waals surface area contributed by atoms with Crippen LogP contribution in [0.3, 0.4) is 0 Å². The van der Waals surface area contributed by atoms with Gasteiger partial charge in [0.2, 0.25) is 0 Å². The first-order chi connectivity index (χ1) is 6.70. The second kappa shape index (κ2) is 5.60. The van der Waals surface area contributed by atoms with E-state index < -0.39 is 0 Å². The first-order valence-electron chi connectivity index (χ1n) is 4.97. The Morgan fingerprint density at radius 1 is 1.14 bits per heavy atom. The van der Waals surface area contributed by atoms with Gasteiger partial charge in [0.1, 0.15) is 5.82 Å². The van der Waals surface area contributed by atoms with Gasteiger partial charge < -0.3 is 9.80 Å². The maximum atomic E-state index is 4.29. The smallest absolute Gasteiger partial charge is 0.128 e. The minimum absolute atomic E-state index is 1.05. The monoisotopic (exact) mass is 193 g/mol. The molecule has 0 aliphatic heterocycles. The molecule has 0 aliphatic rings. The molecule has 0 saturated carbocycles. The molecule has 3 nitrogen and oxygen atoms in total. The Kier molecular flexibility index (Phi) is 4.40. The van der Waals surface area contributed by atoms with Gasteiger partial charge in [-0.1, -0.05) is 6.07 Å². The average Bonchev–Trinajstić information content (AvgIpc) is 2.18. The Morgan fingerprint density at radius 3 is 2.50 bits per heavy atom. The van der Waals surface area contributed by atoms with Crippen LogP contribution in [0.2, 0.25) is 0 Å². The summed E-state index contributed by atoms with van der Waals surface area (Å²) in [4.78, 5) is 8.67. The zero-order valence-electron chi connectivity index (χ0n) is 9.27. The van der Waals surface area contributed by atoms with E-state index in [4.69, 9.17) is 0 Å². The first kappa shape index (κ1) is 11.0. The summed E-state index contributed by atoms with van der Waals surface area (Å²) in [5.41, 5.74) is 0. The summed E-state index contributed by atoms with van der Waals surface area (Å²) >= 11 is 0. The van der Waals surface area contributed by atoms with Crippen LogP contribution in [0.5, 0.6) is 0 Å². The molecule has 0 unspecified atom stereocenters. The van der Waals surface area contributed by atoms with Crippen molar-refractivity contribution in [2.45, 2.75) is 6.42 Å². The lowest BCUT2D eigenvalue weighted by molar-refractivity contribution is 0.401. The molecule has 0 amide bonds. The van der Waals surface area contributed by atoms with Gasteiger partial charge in [-0.3, -0.25) is 0 Å². The lowest BCUT2D eigenvalue weighted by Crippen LogP contribution is -2.23. The minimum Gasteiger partial charge on any atom is -0.360 e. The van der Waals surface area contributed by atoms with E-state index in [1.807, 2.05) is 24.4 Å². The van der Waals surface area contributed by atoms with Gasteiger partial charge in [0.25, 0.3) is 0 Å². The number of anilines is 1. The Morgan fingerprint density at radius 2 is 1.93 bits per heavy atom. The number of pyridine rings is 1. The predicted octanol–water partition coefficient (Wildman–Crippen LogP) is 1.47. The number of hydrogen-bond acceptors (Lipinski definition) is 3. The van der Waals surface area contributed by atoms with Gasteiger partial charge in [0, 0.05) is 19.8 Å². The molecule has 0 aliphatic carbocycles. The molecule has 0 bridgehead atoms. The van der Waals surface area contributed by atoms with Crippen molar-refractivity contribution in [2.75, 3.05) is 39.1 Å². The third-order valence-electron chi connectivity index (χ3n) is 2.14. The molecule has 0 saturated heterocycles. The van der Waals surface area contributed by atoms with Crippen molar-refractivity contribution in [3.63, 3.8) is 0 Å². The summed E-state index contributed by atoms with van der Waals surface area (Å²) in [5, 5.41) is 0. The van der Waals surface area contributed by atoms with Crippen LogP contribution >= 0.6 is 0 Å². The highest BCUT2D eigenvalue weighted by molar-refractivity contribution is 5.36. The first-order valence-corrected chi connectivity index (χ1v) is 4.97. The van der Waals surface area contributed by atoms with E-state index >= 15 is 0 Å². The molecular weight excluding hydrogens is 174 g/mol. The van der Waals surface area contributed by atoms with Crippen LogP contribution in [0.25, 0.3) is 0 Å². The number of hydrogen-bond donors (Lipinski definition) is 0. The summed E-state index contributed by atoms with van der Waals surface area (Å²) in [5.74, 6) is 1.05. The minimum atomic E-state index is 1.05. The molecule has 0 atom stereocenters. The average molecular weight is 193 g/mol. The van der Waals surface area contributed by atoms with E-state index in [0.29, 0.717) is 0 Å². The fourth-order valence-corrected chi connectivity index (χ4v) is 1.32. The van der Waals surface area contributed by atoms with E-state index in [0.717, 1.165) is 18.9 Å². The summed E-state index contributed by atoms with van der Waals surface area (Å²) < 4.78 is 0. The molecule has 0 spiro atoms. The predicted molar refractivity (Wildman–Crippen MR) is 60.7 cm³/mol. The van der Waals surface area contributed by atoms with Gasteiger partial charge in [0.15, 0.2) is 0 Å². The second-order valence-corrected chi connectivity index (χ2v) is 3.77. The molecule has 0 N–H and O–H groups in total. The molecular formula is C11H19N3. The molecule has 3 heteroatoms. The Hall–Kier alpha value is -1.09. The molecule has 1 aromatic heterocycles. The second-order valence-electron chi connectivity index (χ2n) is 3.77. The molecule has 1 rings (SSSR count). The highest BCUT2D eigenvalue weighted by atomic mass is 15.2. The van der Waals surface area contributed by atoms with E-state index in [1.165, 1.54) is 6.42 Å². The molecule has 0 fully saturated rings.